The molecule has 4 rings (SSSR count). The molecule has 0 amide bonds. The van der Waals surface area contributed by atoms with Crippen LogP contribution in [-0.4, -0.2) is 38.1 Å². The van der Waals surface area contributed by atoms with Gasteiger partial charge in [-0.25, -0.2) is 15.9 Å². The van der Waals surface area contributed by atoms with Crippen molar-refractivity contribution >= 4 is 40.4 Å². The lowest BCUT2D eigenvalue weighted by atomic mass is 9.82. The Hall–Kier alpha value is -3.20. The van der Waals surface area contributed by atoms with Crippen molar-refractivity contribution in [3.05, 3.63) is 59.5 Å². The Morgan fingerprint density at radius 1 is 1.46 bits per heavy atom. The summed E-state index contributed by atoms with van der Waals surface area (Å²) in [5.74, 6) is 5.70. The van der Waals surface area contributed by atoms with Crippen LogP contribution < -0.4 is 22.3 Å². The van der Waals surface area contributed by atoms with Crippen LogP contribution in [0.3, 0.4) is 0 Å². The van der Waals surface area contributed by atoms with Crippen LogP contribution in [0, 0.1) is 11.3 Å². The molecule has 2 heterocycles. The SMILES string of the molecule is C=CCNC(=S)NN1C(=S)N(N)[C@]23OC(N)=C(C#N)[C@]12C(=O)c1ccccc13. The average Bonchev–Trinajstić information content (AvgIpc) is 3.15. The van der Waals surface area contributed by atoms with Crippen molar-refractivity contribution in [2.24, 2.45) is 11.6 Å². The van der Waals surface area contributed by atoms with Crippen LogP contribution in [0.4, 0.5) is 0 Å². The van der Waals surface area contributed by atoms with Crippen LogP contribution in [0.2, 0.25) is 0 Å². The normalized spacial score (nSPS) is 27.0. The number of carbonyl (C=O) groups excluding carboxylic acids is 1. The van der Waals surface area contributed by atoms with E-state index < -0.39 is 17.0 Å². The molecule has 2 atom stereocenters. The Labute approximate surface area is 171 Å². The highest BCUT2D eigenvalue weighted by molar-refractivity contribution is 7.80. The van der Waals surface area contributed by atoms with Gasteiger partial charge < -0.3 is 15.8 Å². The van der Waals surface area contributed by atoms with Gasteiger partial charge >= 0.3 is 0 Å². The van der Waals surface area contributed by atoms with Gasteiger partial charge in [0.2, 0.25) is 22.3 Å². The third kappa shape index (κ3) is 1.79. The predicted octanol–water partition coefficient (Wildman–Crippen LogP) is -0.160. The summed E-state index contributed by atoms with van der Waals surface area (Å²) in [5, 5.41) is 15.3. The summed E-state index contributed by atoms with van der Waals surface area (Å²) < 4.78 is 5.93. The molecule has 142 valence electrons. The lowest BCUT2D eigenvalue weighted by Gasteiger charge is -2.37. The van der Waals surface area contributed by atoms with E-state index in [0.29, 0.717) is 17.7 Å². The van der Waals surface area contributed by atoms with Gasteiger partial charge in [-0.05, 0) is 24.4 Å². The van der Waals surface area contributed by atoms with Crippen LogP contribution in [0.15, 0.2) is 48.4 Å². The van der Waals surface area contributed by atoms with Crippen LogP contribution in [0.1, 0.15) is 15.9 Å². The topological polar surface area (TPSA) is 133 Å². The van der Waals surface area contributed by atoms with Gasteiger partial charge in [-0.3, -0.25) is 10.2 Å². The number of Topliss-reactive ketones (excluding diaryl/α,β-unsaturated/α-hetero) is 1. The summed E-state index contributed by atoms with van der Waals surface area (Å²) in [7, 11) is 0. The van der Waals surface area contributed by atoms with Gasteiger partial charge in [-0.15, -0.1) is 6.58 Å². The fraction of sp³-hybridized carbons (Fsp3) is 0.176. The smallest absolute Gasteiger partial charge is 0.264 e. The van der Waals surface area contributed by atoms with Crippen LogP contribution in [-0.2, 0) is 10.5 Å². The number of hydrogen-bond donors (Lipinski definition) is 4. The summed E-state index contributed by atoms with van der Waals surface area (Å²) >= 11 is 10.7. The second-order valence-corrected chi connectivity index (χ2v) is 7.05. The van der Waals surface area contributed by atoms with E-state index in [9.17, 15) is 10.1 Å². The number of nitrogens with zero attached hydrogens (tertiary/aromatic N) is 3. The second kappa shape index (κ2) is 5.90. The number of nitrogens with one attached hydrogen (secondary N) is 2. The van der Waals surface area contributed by atoms with E-state index in [-0.39, 0.29) is 21.7 Å². The van der Waals surface area contributed by atoms with E-state index in [1.165, 1.54) is 5.01 Å². The summed E-state index contributed by atoms with van der Waals surface area (Å²) in [5.41, 5.74) is 6.24. The zero-order valence-corrected chi connectivity index (χ0v) is 16.1. The molecule has 11 heteroatoms. The number of ketones is 1. The van der Waals surface area contributed by atoms with Crippen LogP contribution >= 0.6 is 24.4 Å². The van der Waals surface area contributed by atoms with Crippen molar-refractivity contribution in [2.45, 2.75) is 11.3 Å². The van der Waals surface area contributed by atoms with Crippen molar-refractivity contribution in [2.75, 3.05) is 6.54 Å². The minimum atomic E-state index is -1.75. The number of hydrazine groups is 2. The third-order valence-electron chi connectivity index (χ3n) is 5.03. The number of benzene rings is 1. The highest BCUT2D eigenvalue weighted by Gasteiger charge is 2.82. The van der Waals surface area contributed by atoms with Gasteiger partial charge in [0.05, 0.1) is 0 Å². The average molecular weight is 413 g/mol. The number of nitriles is 1. The van der Waals surface area contributed by atoms with Crippen molar-refractivity contribution < 1.29 is 9.53 Å². The lowest BCUT2D eigenvalue weighted by molar-refractivity contribution is -0.103. The Kier molecular flexibility index (Phi) is 3.83. The first-order valence-electron chi connectivity index (χ1n) is 8.16. The van der Waals surface area contributed by atoms with Gasteiger partial charge in [-0.2, -0.15) is 5.26 Å². The Morgan fingerprint density at radius 3 is 2.86 bits per heavy atom. The molecule has 28 heavy (non-hydrogen) atoms. The van der Waals surface area contributed by atoms with Crippen molar-refractivity contribution in [3.8, 4) is 6.07 Å². The number of ether oxygens (including phenoxy) is 1. The molecule has 0 unspecified atom stereocenters. The summed E-state index contributed by atoms with van der Waals surface area (Å²) in [6.45, 7) is 3.99. The molecule has 3 aliphatic rings. The van der Waals surface area contributed by atoms with E-state index >= 15 is 0 Å². The quantitative estimate of drug-likeness (QED) is 0.299. The number of rotatable bonds is 3. The van der Waals surface area contributed by atoms with Crippen LogP contribution in [0.25, 0.3) is 0 Å². The molecule has 1 aromatic carbocycles. The monoisotopic (exact) mass is 413 g/mol. The van der Waals surface area contributed by atoms with E-state index in [4.69, 9.17) is 40.7 Å². The van der Waals surface area contributed by atoms with Gasteiger partial charge in [0.25, 0.3) is 5.72 Å². The fourth-order valence-corrected chi connectivity index (χ4v) is 4.48. The second-order valence-electron chi connectivity index (χ2n) is 6.28. The molecule has 9 nitrogen and oxygen atoms in total. The zero-order valence-electron chi connectivity index (χ0n) is 14.4. The highest BCUT2D eigenvalue weighted by atomic mass is 32.1. The molecule has 0 aromatic heterocycles. The highest BCUT2D eigenvalue weighted by Crippen LogP contribution is 2.62. The molecule has 0 saturated carbocycles. The van der Waals surface area contributed by atoms with Gasteiger partial charge in [0, 0.05) is 17.7 Å². The Balaban J connectivity index is 1.96. The first kappa shape index (κ1) is 18.2. The maximum Gasteiger partial charge on any atom is 0.264 e. The van der Waals surface area contributed by atoms with Crippen LogP contribution in [0.5, 0.6) is 0 Å². The maximum absolute atomic E-state index is 13.7. The molecule has 0 spiro atoms. The first-order chi connectivity index (χ1) is 13.4. The largest absolute Gasteiger partial charge is 0.443 e. The fourth-order valence-electron chi connectivity index (χ4n) is 4.00. The Bertz CT molecular complexity index is 1030. The van der Waals surface area contributed by atoms with Gasteiger partial charge in [0.1, 0.15) is 11.6 Å². The number of thiocarbonyl (C=S) groups is 2. The maximum atomic E-state index is 13.7. The van der Waals surface area contributed by atoms with Gasteiger partial charge in [-0.1, -0.05) is 30.3 Å². The van der Waals surface area contributed by atoms with E-state index in [0.717, 1.165) is 5.01 Å². The first-order valence-corrected chi connectivity index (χ1v) is 8.97. The number of hydrogen-bond acceptors (Lipinski definition) is 7. The zero-order chi connectivity index (χ0) is 20.3. The molecular weight excluding hydrogens is 398 g/mol. The van der Waals surface area contributed by atoms with E-state index in [1.807, 2.05) is 6.07 Å². The minimum absolute atomic E-state index is 0.0193. The molecule has 1 fully saturated rings. The van der Waals surface area contributed by atoms with Crippen molar-refractivity contribution in [3.63, 3.8) is 0 Å². The number of fused-ring (bicyclic) bond motifs is 1. The molecule has 1 aliphatic carbocycles. The summed E-state index contributed by atoms with van der Waals surface area (Å²) in [6, 6.07) is 8.79. The van der Waals surface area contributed by atoms with Crippen molar-refractivity contribution in [1.82, 2.24) is 20.8 Å². The Morgan fingerprint density at radius 2 is 2.18 bits per heavy atom. The molecule has 2 aliphatic heterocycles. The number of carbonyl (C=O) groups is 1. The van der Waals surface area contributed by atoms with E-state index in [2.05, 4.69) is 17.3 Å². The molecule has 6 N–H and O–H groups in total. The van der Waals surface area contributed by atoms with Gasteiger partial charge in [0.15, 0.2) is 5.11 Å². The summed E-state index contributed by atoms with van der Waals surface area (Å²) in [4.78, 5) is 13.7. The van der Waals surface area contributed by atoms with Crippen molar-refractivity contribution in [1.29, 1.82) is 5.26 Å². The molecule has 0 bridgehead atoms. The predicted molar refractivity (Wildman–Crippen MR) is 107 cm³/mol. The minimum Gasteiger partial charge on any atom is -0.443 e. The standard InChI is InChI=1S/C17H15N7O2S2/c1-2-7-21-14(27)22-24-15(28)23(20)17-10-6-4-3-5-9(10)12(25)16(17,24)11(8-18)13(19)26-17/h2-6H,1,7,19-20H2,(H2,21,22,27)/t16-,17-/m1/s1. The van der Waals surface area contributed by atoms with E-state index in [1.54, 1.807) is 30.3 Å². The number of nitrogens with two attached hydrogens (primary N) is 2. The lowest BCUT2D eigenvalue weighted by Crippen LogP contribution is -2.64. The third-order valence-corrected chi connectivity index (χ3v) is 5.64. The summed E-state index contributed by atoms with van der Waals surface area (Å²) in [6.07, 6.45) is 1.61. The molecule has 0 radical (unpaired) electrons. The molecule has 1 aromatic rings. The molecular formula is C17H15N7O2S2. The molecule has 1 saturated heterocycles.